The van der Waals surface area contributed by atoms with Gasteiger partial charge in [-0.3, -0.25) is 0 Å². The highest BCUT2D eigenvalue weighted by molar-refractivity contribution is 7.94. The normalized spacial score (nSPS) is 20.5. The first kappa shape index (κ1) is 20.7. The molecule has 1 aromatic rings. The predicted molar refractivity (Wildman–Crippen MR) is 96.6 cm³/mol. The number of hydrogen-bond acceptors (Lipinski definition) is 7. The van der Waals surface area contributed by atoms with Gasteiger partial charge in [-0.15, -0.1) is 11.3 Å². The SMILES string of the molecule is CCCN[C@H]1CN(CCCCOC)S(=O)(=O)c2sc(S(N)(=O)=O)cc21. The number of fused-ring (bicyclic) bond motifs is 1. The van der Waals surface area contributed by atoms with Crippen LogP contribution in [0.3, 0.4) is 0 Å². The van der Waals surface area contributed by atoms with Crippen LogP contribution in [0, 0.1) is 0 Å². The Morgan fingerprint density at radius 2 is 2.16 bits per heavy atom. The average molecular weight is 412 g/mol. The van der Waals surface area contributed by atoms with Gasteiger partial charge < -0.3 is 10.1 Å². The van der Waals surface area contributed by atoms with Crippen molar-refractivity contribution in [2.75, 3.05) is 33.4 Å². The van der Waals surface area contributed by atoms with Gasteiger partial charge in [0.25, 0.3) is 10.0 Å². The molecule has 0 fully saturated rings. The van der Waals surface area contributed by atoms with Crippen LogP contribution >= 0.6 is 11.3 Å². The number of primary sulfonamides is 1. The summed E-state index contributed by atoms with van der Waals surface area (Å²) in [5.41, 5.74) is 0.496. The first-order valence-corrected chi connectivity index (χ1v) is 11.9. The Labute approximate surface area is 153 Å². The maximum absolute atomic E-state index is 12.9. The molecular weight excluding hydrogens is 386 g/mol. The third kappa shape index (κ3) is 4.79. The molecule has 0 bridgehead atoms. The number of hydrogen-bond donors (Lipinski definition) is 2. The molecule has 0 spiro atoms. The molecule has 144 valence electrons. The molecule has 11 heteroatoms. The largest absolute Gasteiger partial charge is 0.385 e. The third-order valence-electron chi connectivity index (χ3n) is 3.97. The summed E-state index contributed by atoms with van der Waals surface area (Å²) < 4.78 is 55.4. The summed E-state index contributed by atoms with van der Waals surface area (Å²) in [6.07, 6.45) is 2.32. The van der Waals surface area contributed by atoms with E-state index in [9.17, 15) is 16.8 Å². The Morgan fingerprint density at radius 1 is 1.44 bits per heavy atom. The number of methoxy groups -OCH3 is 1. The standard InChI is InChI=1S/C14H25N3O5S3/c1-3-6-16-12-10-17(7-4-5-8-22-2)25(20,21)14-11(12)9-13(23-14)24(15,18)19/h9,12,16H,3-8,10H2,1-2H3,(H2,15,18,19)/t12-/m0/s1. The van der Waals surface area contributed by atoms with E-state index in [1.165, 1.54) is 10.4 Å². The molecule has 0 saturated carbocycles. The van der Waals surface area contributed by atoms with Crippen LogP contribution < -0.4 is 10.5 Å². The lowest BCUT2D eigenvalue weighted by molar-refractivity contribution is 0.189. The Bertz CT molecular complexity index is 789. The number of rotatable bonds is 9. The Balaban J connectivity index is 2.35. The first-order chi connectivity index (χ1) is 11.7. The van der Waals surface area contributed by atoms with Gasteiger partial charge in [0.05, 0.1) is 0 Å². The van der Waals surface area contributed by atoms with Crippen molar-refractivity contribution in [1.82, 2.24) is 9.62 Å². The molecule has 2 rings (SSSR count). The molecule has 0 amide bonds. The fraction of sp³-hybridized carbons (Fsp3) is 0.714. The van der Waals surface area contributed by atoms with E-state index in [4.69, 9.17) is 9.88 Å². The van der Waals surface area contributed by atoms with Crippen LogP contribution in [-0.2, 0) is 24.8 Å². The van der Waals surface area contributed by atoms with Crippen LogP contribution in [0.2, 0.25) is 0 Å². The van der Waals surface area contributed by atoms with Crippen molar-refractivity contribution in [2.24, 2.45) is 5.14 Å². The lowest BCUT2D eigenvalue weighted by Gasteiger charge is -2.32. The third-order valence-corrected chi connectivity index (χ3v) is 8.93. The second-order valence-corrected chi connectivity index (χ2v) is 10.9. The quantitative estimate of drug-likeness (QED) is 0.582. The van der Waals surface area contributed by atoms with Crippen LogP contribution in [0.15, 0.2) is 14.5 Å². The smallest absolute Gasteiger partial charge is 0.252 e. The highest BCUT2D eigenvalue weighted by atomic mass is 32.3. The van der Waals surface area contributed by atoms with E-state index >= 15 is 0 Å². The van der Waals surface area contributed by atoms with E-state index in [0.717, 1.165) is 24.2 Å². The summed E-state index contributed by atoms with van der Waals surface area (Å²) in [5.74, 6) is 0. The molecule has 0 aromatic carbocycles. The van der Waals surface area contributed by atoms with Gasteiger partial charge in [0, 0.05) is 38.4 Å². The first-order valence-electron chi connectivity index (χ1n) is 8.10. The zero-order chi connectivity index (χ0) is 18.7. The highest BCUT2D eigenvalue weighted by Gasteiger charge is 2.39. The number of nitrogens with two attached hydrogens (primary N) is 1. The molecule has 8 nitrogen and oxygen atoms in total. The average Bonchev–Trinajstić information content (AvgIpc) is 2.99. The summed E-state index contributed by atoms with van der Waals surface area (Å²) in [7, 11) is -6.05. The van der Waals surface area contributed by atoms with Crippen LogP contribution in [-0.4, -0.2) is 54.5 Å². The van der Waals surface area contributed by atoms with Gasteiger partial charge in [-0.1, -0.05) is 6.92 Å². The van der Waals surface area contributed by atoms with Crippen molar-refractivity contribution in [2.45, 2.75) is 40.6 Å². The summed E-state index contributed by atoms with van der Waals surface area (Å²) in [6, 6.07) is 1.15. The number of sulfonamides is 2. The van der Waals surface area contributed by atoms with Crippen molar-refractivity contribution < 1.29 is 21.6 Å². The summed E-state index contributed by atoms with van der Waals surface area (Å²) in [5, 5.41) is 8.49. The van der Waals surface area contributed by atoms with E-state index in [0.29, 0.717) is 31.7 Å². The van der Waals surface area contributed by atoms with Gasteiger partial charge in [0.15, 0.2) is 0 Å². The number of nitrogens with one attached hydrogen (secondary N) is 1. The minimum atomic E-state index is -3.94. The fourth-order valence-corrected chi connectivity index (χ4v) is 7.01. The van der Waals surface area contributed by atoms with Gasteiger partial charge in [-0.25, -0.2) is 22.0 Å². The number of ether oxygens (including phenoxy) is 1. The zero-order valence-electron chi connectivity index (χ0n) is 14.4. The summed E-state index contributed by atoms with van der Waals surface area (Å²) >= 11 is 0.727. The minimum Gasteiger partial charge on any atom is -0.385 e. The monoisotopic (exact) mass is 411 g/mol. The Morgan fingerprint density at radius 3 is 2.76 bits per heavy atom. The molecule has 0 aliphatic carbocycles. The molecule has 2 heterocycles. The molecule has 0 saturated heterocycles. The molecule has 0 unspecified atom stereocenters. The van der Waals surface area contributed by atoms with Gasteiger partial charge >= 0.3 is 0 Å². The fourth-order valence-electron chi connectivity index (χ4n) is 2.71. The molecular formula is C14H25N3O5S3. The molecule has 0 radical (unpaired) electrons. The Hall–Kier alpha value is -0.560. The lowest BCUT2D eigenvalue weighted by atomic mass is 10.1. The number of nitrogens with zero attached hydrogens (tertiary/aromatic N) is 1. The van der Waals surface area contributed by atoms with E-state index in [-0.39, 0.29) is 21.0 Å². The molecule has 1 aliphatic rings. The van der Waals surface area contributed by atoms with Gasteiger partial charge in [-0.2, -0.15) is 4.31 Å². The maximum atomic E-state index is 12.9. The number of unbranched alkanes of at least 4 members (excludes halogenated alkanes) is 1. The molecule has 3 N–H and O–H groups in total. The lowest BCUT2D eigenvalue weighted by Crippen LogP contribution is -2.43. The zero-order valence-corrected chi connectivity index (χ0v) is 16.8. The molecule has 1 atom stereocenters. The van der Waals surface area contributed by atoms with Gasteiger partial charge in [0.2, 0.25) is 10.0 Å². The van der Waals surface area contributed by atoms with Crippen molar-refractivity contribution >= 4 is 31.4 Å². The van der Waals surface area contributed by atoms with E-state index in [1.54, 1.807) is 7.11 Å². The minimum absolute atomic E-state index is 0.0723. The van der Waals surface area contributed by atoms with Gasteiger partial charge in [-0.05, 0) is 31.9 Å². The molecule has 1 aliphatic heterocycles. The van der Waals surface area contributed by atoms with E-state index < -0.39 is 20.0 Å². The van der Waals surface area contributed by atoms with E-state index in [1.807, 2.05) is 6.92 Å². The van der Waals surface area contributed by atoms with Crippen LogP contribution in [0.25, 0.3) is 0 Å². The maximum Gasteiger partial charge on any atom is 0.252 e. The van der Waals surface area contributed by atoms with Crippen molar-refractivity contribution in [1.29, 1.82) is 0 Å². The Kier molecular flexibility index (Phi) is 6.99. The summed E-state index contributed by atoms with van der Waals surface area (Å²) in [4.78, 5) is 0. The van der Waals surface area contributed by atoms with Crippen LogP contribution in [0.4, 0.5) is 0 Å². The second-order valence-electron chi connectivity index (χ2n) is 5.92. The predicted octanol–water partition coefficient (Wildman–Crippen LogP) is 0.867. The molecule has 25 heavy (non-hydrogen) atoms. The van der Waals surface area contributed by atoms with Crippen LogP contribution in [0.5, 0.6) is 0 Å². The summed E-state index contributed by atoms with van der Waals surface area (Å²) in [6.45, 7) is 3.95. The second kappa shape index (κ2) is 8.42. The van der Waals surface area contributed by atoms with E-state index in [2.05, 4.69) is 5.32 Å². The highest BCUT2D eigenvalue weighted by Crippen LogP contribution is 2.39. The van der Waals surface area contributed by atoms with Gasteiger partial charge in [0.1, 0.15) is 8.42 Å². The van der Waals surface area contributed by atoms with Crippen LogP contribution in [0.1, 0.15) is 37.8 Å². The molecule has 1 aromatic heterocycles. The van der Waals surface area contributed by atoms with Crippen molar-refractivity contribution in [3.8, 4) is 0 Å². The van der Waals surface area contributed by atoms with Crippen molar-refractivity contribution in [3.63, 3.8) is 0 Å². The topological polar surface area (TPSA) is 119 Å². The van der Waals surface area contributed by atoms with Crippen molar-refractivity contribution in [3.05, 3.63) is 11.6 Å². The number of thiophene rings is 1.